The predicted octanol–water partition coefficient (Wildman–Crippen LogP) is 2.04. The van der Waals surface area contributed by atoms with Gasteiger partial charge in [0.25, 0.3) is 0 Å². The number of hydrogen-bond acceptors (Lipinski definition) is 6. The summed E-state index contributed by atoms with van der Waals surface area (Å²) >= 11 is 0. The van der Waals surface area contributed by atoms with Crippen LogP contribution in [0.15, 0.2) is 12.1 Å². The fourth-order valence-corrected chi connectivity index (χ4v) is 3.35. The van der Waals surface area contributed by atoms with E-state index in [9.17, 15) is 14.5 Å². The molecule has 2 aliphatic rings. The second-order valence-corrected chi connectivity index (χ2v) is 6.16. The zero-order valence-corrected chi connectivity index (χ0v) is 13.7. The highest BCUT2D eigenvalue weighted by atomic mass is 19.1. The van der Waals surface area contributed by atoms with Crippen molar-refractivity contribution in [2.45, 2.75) is 18.9 Å². The number of benzene rings is 1. The number of anilines is 1. The van der Waals surface area contributed by atoms with E-state index in [4.69, 9.17) is 9.47 Å². The van der Waals surface area contributed by atoms with Crippen LogP contribution in [0.3, 0.4) is 0 Å². The lowest BCUT2D eigenvalue weighted by Gasteiger charge is -2.36. The van der Waals surface area contributed by atoms with Gasteiger partial charge in [-0.3, -0.25) is 15.0 Å². The van der Waals surface area contributed by atoms with Crippen LogP contribution in [0.5, 0.6) is 5.75 Å². The Bertz CT molecular complexity index is 599. The first-order valence-corrected chi connectivity index (χ1v) is 8.19. The standard InChI is InChI=1S/C16H22FN3O4/c1-23-13-9-14(17)16(20(21)22)15(10-13)19-6-4-18(5-7-19)11-12-3-2-8-24-12/h9-10,12H,2-8,11H2,1H3/t12-/m0/s1. The third-order valence-corrected chi connectivity index (χ3v) is 4.63. The molecular weight excluding hydrogens is 317 g/mol. The van der Waals surface area contributed by atoms with Crippen LogP contribution in [0.4, 0.5) is 15.8 Å². The molecule has 24 heavy (non-hydrogen) atoms. The van der Waals surface area contributed by atoms with Crippen molar-refractivity contribution in [1.29, 1.82) is 0 Å². The molecular formula is C16H22FN3O4. The summed E-state index contributed by atoms with van der Waals surface area (Å²) in [5, 5.41) is 11.3. The molecule has 1 atom stereocenters. The van der Waals surface area contributed by atoms with Gasteiger partial charge in [0.1, 0.15) is 11.4 Å². The van der Waals surface area contributed by atoms with Crippen LogP contribution in [-0.4, -0.2) is 62.4 Å². The normalized spacial score (nSPS) is 21.9. The molecule has 0 saturated carbocycles. The molecule has 0 spiro atoms. The third kappa shape index (κ3) is 3.59. The van der Waals surface area contributed by atoms with Crippen molar-refractivity contribution in [3.63, 3.8) is 0 Å². The molecule has 0 unspecified atom stereocenters. The first kappa shape index (κ1) is 16.9. The van der Waals surface area contributed by atoms with Crippen molar-refractivity contribution in [2.24, 2.45) is 0 Å². The van der Waals surface area contributed by atoms with Crippen LogP contribution >= 0.6 is 0 Å². The monoisotopic (exact) mass is 339 g/mol. The number of nitrogens with zero attached hydrogens (tertiary/aromatic N) is 3. The second kappa shape index (κ2) is 7.31. The van der Waals surface area contributed by atoms with Crippen molar-refractivity contribution in [3.8, 4) is 5.75 Å². The molecule has 2 fully saturated rings. The average molecular weight is 339 g/mol. The van der Waals surface area contributed by atoms with Gasteiger partial charge in [-0.05, 0) is 12.8 Å². The Hall–Kier alpha value is -1.93. The molecule has 0 N–H and O–H groups in total. The van der Waals surface area contributed by atoms with Crippen molar-refractivity contribution in [2.75, 3.05) is 51.3 Å². The minimum atomic E-state index is -0.865. The molecule has 1 aromatic carbocycles. The van der Waals surface area contributed by atoms with E-state index in [0.717, 1.165) is 45.1 Å². The summed E-state index contributed by atoms with van der Waals surface area (Å²) in [7, 11) is 1.42. The molecule has 0 amide bonds. The molecule has 2 heterocycles. The van der Waals surface area contributed by atoms with E-state index in [2.05, 4.69) is 4.90 Å². The van der Waals surface area contributed by atoms with E-state index >= 15 is 0 Å². The van der Waals surface area contributed by atoms with Gasteiger partial charge < -0.3 is 14.4 Å². The molecule has 0 aliphatic carbocycles. The molecule has 7 nitrogen and oxygen atoms in total. The number of halogens is 1. The van der Waals surface area contributed by atoms with Crippen LogP contribution < -0.4 is 9.64 Å². The molecule has 2 saturated heterocycles. The molecule has 8 heteroatoms. The second-order valence-electron chi connectivity index (χ2n) is 6.16. The lowest BCUT2D eigenvalue weighted by atomic mass is 10.1. The quantitative estimate of drug-likeness (QED) is 0.604. The van der Waals surface area contributed by atoms with Crippen molar-refractivity contribution >= 4 is 11.4 Å². The van der Waals surface area contributed by atoms with E-state index in [0.29, 0.717) is 19.2 Å². The summed E-state index contributed by atoms with van der Waals surface area (Å²) in [5.41, 5.74) is -0.197. The molecule has 2 aliphatic heterocycles. The summed E-state index contributed by atoms with van der Waals surface area (Å²) in [4.78, 5) is 14.7. The Morgan fingerprint density at radius 2 is 2.12 bits per heavy atom. The van der Waals surface area contributed by atoms with Crippen LogP contribution in [0, 0.1) is 15.9 Å². The van der Waals surface area contributed by atoms with E-state index in [1.54, 1.807) is 0 Å². The summed E-state index contributed by atoms with van der Waals surface area (Å²) in [6.45, 7) is 4.49. The summed E-state index contributed by atoms with van der Waals surface area (Å²) in [5.74, 6) is -0.578. The minimum absolute atomic E-state index is 0.286. The fourth-order valence-electron chi connectivity index (χ4n) is 3.35. The van der Waals surface area contributed by atoms with Gasteiger partial charge in [-0.15, -0.1) is 0 Å². The van der Waals surface area contributed by atoms with E-state index in [1.165, 1.54) is 13.2 Å². The maximum atomic E-state index is 14.1. The lowest BCUT2D eigenvalue weighted by Crippen LogP contribution is -2.48. The largest absolute Gasteiger partial charge is 0.497 e. The minimum Gasteiger partial charge on any atom is -0.497 e. The average Bonchev–Trinajstić information content (AvgIpc) is 3.07. The fraction of sp³-hybridized carbons (Fsp3) is 0.625. The number of nitro groups is 1. The maximum Gasteiger partial charge on any atom is 0.328 e. The molecule has 132 valence electrons. The Morgan fingerprint density at radius 1 is 1.38 bits per heavy atom. The molecule has 1 aromatic rings. The van der Waals surface area contributed by atoms with Crippen LogP contribution in [0.25, 0.3) is 0 Å². The summed E-state index contributed by atoms with van der Waals surface area (Å²) in [6, 6.07) is 2.59. The predicted molar refractivity (Wildman–Crippen MR) is 87.2 cm³/mol. The highest BCUT2D eigenvalue weighted by Crippen LogP contribution is 2.35. The highest BCUT2D eigenvalue weighted by Gasteiger charge is 2.29. The molecule has 0 aromatic heterocycles. The first-order valence-electron chi connectivity index (χ1n) is 8.19. The topological polar surface area (TPSA) is 68.1 Å². The zero-order chi connectivity index (χ0) is 17.1. The summed E-state index contributed by atoms with van der Waals surface area (Å²) < 4.78 is 24.8. The number of piperazine rings is 1. The Kier molecular flexibility index (Phi) is 5.15. The van der Waals surface area contributed by atoms with E-state index in [-0.39, 0.29) is 11.4 Å². The van der Waals surface area contributed by atoms with Crippen molar-refractivity contribution < 1.29 is 18.8 Å². The van der Waals surface area contributed by atoms with Gasteiger partial charge in [0.05, 0.1) is 18.1 Å². The number of ether oxygens (including phenoxy) is 2. The Labute approximate surface area is 140 Å². The van der Waals surface area contributed by atoms with E-state index < -0.39 is 16.4 Å². The third-order valence-electron chi connectivity index (χ3n) is 4.63. The van der Waals surface area contributed by atoms with Gasteiger partial charge in [-0.1, -0.05) is 0 Å². The number of nitro benzene ring substituents is 1. The number of methoxy groups -OCH3 is 1. The van der Waals surface area contributed by atoms with Gasteiger partial charge in [-0.2, -0.15) is 4.39 Å². The van der Waals surface area contributed by atoms with Gasteiger partial charge >= 0.3 is 5.69 Å². The maximum absolute atomic E-state index is 14.1. The highest BCUT2D eigenvalue weighted by molar-refractivity contribution is 5.66. The first-order chi connectivity index (χ1) is 11.6. The zero-order valence-electron chi connectivity index (χ0n) is 13.7. The smallest absolute Gasteiger partial charge is 0.328 e. The molecule has 0 bridgehead atoms. The van der Waals surface area contributed by atoms with E-state index in [1.807, 2.05) is 4.90 Å². The molecule has 3 rings (SSSR count). The van der Waals surface area contributed by atoms with Gasteiger partial charge in [0, 0.05) is 51.5 Å². The van der Waals surface area contributed by atoms with Crippen molar-refractivity contribution in [3.05, 3.63) is 28.1 Å². The number of hydrogen-bond donors (Lipinski definition) is 0. The summed E-state index contributed by atoms with van der Waals surface area (Å²) in [6.07, 6.45) is 2.49. The van der Waals surface area contributed by atoms with Crippen LogP contribution in [-0.2, 0) is 4.74 Å². The molecule has 0 radical (unpaired) electrons. The lowest BCUT2D eigenvalue weighted by molar-refractivity contribution is -0.386. The van der Waals surface area contributed by atoms with Crippen LogP contribution in [0.1, 0.15) is 12.8 Å². The van der Waals surface area contributed by atoms with Gasteiger partial charge in [-0.25, -0.2) is 0 Å². The SMILES string of the molecule is COc1cc(F)c([N+](=O)[O-])c(N2CCN(C[C@@H]3CCCO3)CC2)c1. The van der Waals surface area contributed by atoms with Gasteiger partial charge in [0.15, 0.2) is 0 Å². The number of rotatable bonds is 5. The Balaban J connectivity index is 1.71. The Morgan fingerprint density at radius 3 is 2.71 bits per heavy atom. The van der Waals surface area contributed by atoms with Gasteiger partial charge in [0.2, 0.25) is 5.82 Å². The van der Waals surface area contributed by atoms with Crippen LogP contribution in [0.2, 0.25) is 0 Å². The van der Waals surface area contributed by atoms with Crippen molar-refractivity contribution in [1.82, 2.24) is 4.90 Å².